The highest BCUT2D eigenvalue weighted by Gasteiger charge is 2.26. The molecule has 1 aromatic carbocycles. The maximum absolute atomic E-state index is 13.0. The first-order valence-electron chi connectivity index (χ1n) is 10.7. The van der Waals surface area contributed by atoms with Gasteiger partial charge in [0, 0.05) is 17.0 Å². The molecule has 1 fully saturated rings. The molecule has 0 aliphatic carbocycles. The number of likely N-dealkylation sites (tertiary alicyclic amines) is 1. The number of nitrogens with zero attached hydrogens (tertiary/aromatic N) is 1. The molecule has 2 aromatic heterocycles. The zero-order valence-electron chi connectivity index (χ0n) is 17.8. The summed E-state index contributed by atoms with van der Waals surface area (Å²) in [6.07, 6.45) is 2.36. The third-order valence-corrected chi connectivity index (χ3v) is 7.98. The third kappa shape index (κ3) is 5.59. The van der Waals surface area contributed by atoms with E-state index >= 15 is 0 Å². The second kappa shape index (κ2) is 10.6. The molecule has 1 unspecified atom stereocenters. The first kappa shape index (κ1) is 23.0. The van der Waals surface area contributed by atoms with Crippen LogP contribution in [0.1, 0.15) is 50.7 Å². The van der Waals surface area contributed by atoms with E-state index in [4.69, 9.17) is 11.6 Å². The number of hydrogen-bond acceptors (Lipinski definition) is 5. The van der Waals surface area contributed by atoms with Crippen molar-refractivity contribution in [3.05, 3.63) is 73.6 Å². The van der Waals surface area contributed by atoms with Crippen LogP contribution in [0.2, 0.25) is 5.02 Å². The number of rotatable bonds is 7. The van der Waals surface area contributed by atoms with Crippen molar-refractivity contribution in [1.29, 1.82) is 0 Å². The van der Waals surface area contributed by atoms with E-state index in [9.17, 15) is 9.59 Å². The Morgan fingerprint density at radius 3 is 2.53 bits per heavy atom. The van der Waals surface area contributed by atoms with Gasteiger partial charge in [-0.2, -0.15) is 0 Å². The standard InChI is InChI=1S/C24H26ClN3O2S2/c1-16-8-10-28(11-9-16)20(21-4-2-12-31-21)15-26-23(29)17-6-7-18(25)19(14-17)27-24(30)22-5-3-13-32-22/h2-7,12-14,16,20H,8-11,15H2,1H3,(H,26,29)(H,27,30). The fraction of sp³-hybridized carbons (Fsp3) is 0.333. The molecule has 0 radical (unpaired) electrons. The molecule has 1 atom stereocenters. The Morgan fingerprint density at radius 1 is 1.09 bits per heavy atom. The predicted octanol–water partition coefficient (Wildman–Crippen LogP) is 5.92. The highest BCUT2D eigenvalue weighted by Crippen LogP contribution is 2.29. The van der Waals surface area contributed by atoms with E-state index in [1.165, 1.54) is 29.1 Å². The average molecular weight is 488 g/mol. The maximum Gasteiger partial charge on any atom is 0.265 e. The van der Waals surface area contributed by atoms with Crippen LogP contribution in [0.15, 0.2) is 53.2 Å². The van der Waals surface area contributed by atoms with E-state index in [2.05, 4.69) is 40.0 Å². The summed E-state index contributed by atoms with van der Waals surface area (Å²) in [7, 11) is 0. The van der Waals surface area contributed by atoms with Gasteiger partial charge in [0.25, 0.3) is 11.8 Å². The van der Waals surface area contributed by atoms with E-state index in [-0.39, 0.29) is 17.9 Å². The Kier molecular flexibility index (Phi) is 7.63. The largest absolute Gasteiger partial charge is 0.350 e. The van der Waals surface area contributed by atoms with Crippen molar-refractivity contribution >= 4 is 51.8 Å². The zero-order chi connectivity index (χ0) is 22.5. The van der Waals surface area contributed by atoms with E-state index in [1.807, 2.05) is 11.4 Å². The van der Waals surface area contributed by atoms with Gasteiger partial charge >= 0.3 is 0 Å². The van der Waals surface area contributed by atoms with Gasteiger partial charge < -0.3 is 10.6 Å². The van der Waals surface area contributed by atoms with Crippen LogP contribution in [-0.4, -0.2) is 36.3 Å². The number of hydrogen-bond donors (Lipinski definition) is 2. The van der Waals surface area contributed by atoms with Gasteiger partial charge in [0.2, 0.25) is 0 Å². The molecule has 0 saturated carbocycles. The zero-order valence-corrected chi connectivity index (χ0v) is 20.2. The Bertz CT molecular complexity index is 1050. The topological polar surface area (TPSA) is 61.4 Å². The van der Waals surface area contributed by atoms with Gasteiger partial charge in [-0.1, -0.05) is 30.7 Å². The number of piperidine rings is 1. The van der Waals surface area contributed by atoms with Gasteiger partial charge in [0.1, 0.15) is 0 Å². The molecular weight excluding hydrogens is 462 g/mol. The Hall–Kier alpha value is -2.19. The van der Waals surface area contributed by atoms with Crippen LogP contribution < -0.4 is 10.6 Å². The monoisotopic (exact) mass is 487 g/mol. The molecule has 8 heteroatoms. The smallest absolute Gasteiger partial charge is 0.265 e. The van der Waals surface area contributed by atoms with Gasteiger partial charge in [-0.15, -0.1) is 22.7 Å². The molecule has 5 nitrogen and oxygen atoms in total. The van der Waals surface area contributed by atoms with Gasteiger partial charge in [-0.3, -0.25) is 14.5 Å². The Balaban J connectivity index is 1.44. The molecule has 3 heterocycles. The van der Waals surface area contributed by atoms with Crippen LogP contribution in [0.5, 0.6) is 0 Å². The lowest BCUT2D eigenvalue weighted by Gasteiger charge is -2.36. The van der Waals surface area contributed by atoms with Gasteiger partial charge in [0.05, 0.1) is 21.6 Å². The molecule has 1 aliphatic heterocycles. The number of anilines is 1. The first-order valence-corrected chi connectivity index (χ1v) is 12.8. The summed E-state index contributed by atoms with van der Waals surface area (Å²) >= 11 is 9.34. The van der Waals surface area contributed by atoms with Crippen molar-refractivity contribution < 1.29 is 9.59 Å². The van der Waals surface area contributed by atoms with Crippen molar-refractivity contribution in [1.82, 2.24) is 10.2 Å². The lowest BCUT2D eigenvalue weighted by atomic mass is 9.97. The predicted molar refractivity (Wildman–Crippen MR) is 133 cm³/mol. The molecule has 1 saturated heterocycles. The number of carbonyl (C=O) groups excluding carboxylic acids is 2. The van der Waals surface area contributed by atoms with E-state index in [0.717, 1.165) is 19.0 Å². The van der Waals surface area contributed by atoms with Crippen molar-refractivity contribution in [2.24, 2.45) is 5.92 Å². The van der Waals surface area contributed by atoms with E-state index in [0.29, 0.717) is 27.7 Å². The molecule has 0 spiro atoms. The molecule has 32 heavy (non-hydrogen) atoms. The summed E-state index contributed by atoms with van der Waals surface area (Å²) in [5.41, 5.74) is 0.894. The lowest BCUT2D eigenvalue weighted by Crippen LogP contribution is -2.41. The Labute approximate surface area is 201 Å². The van der Waals surface area contributed by atoms with E-state index < -0.39 is 0 Å². The maximum atomic E-state index is 13.0. The molecule has 168 valence electrons. The summed E-state index contributed by atoms with van der Waals surface area (Å²) in [6, 6.07) is 12.9. The Morgan fingerprint density at radius 2 is 1.84 bits per heavy atom. The second-order valence-corrected chi connectivity index (χ2v) is 10.4. The number of nitrogens with one attached hydrogen (secondary N) is 2. The van der Waals surface area contributed by atoms with Crippen LogP contribution in [0.25, 0.3) is 0 Å². The van der Waals surface area contributed by atoms with Crippen LogP contribution in [0.4, 0.5) is 5.69 Å². The van der Waals surface area contributed by atoms with Crippen LogP contribution in [-0.2, 0) is 0 Å². The normalized spacial score (nSPS) is 15.9. The van der Waals surface area contributed by atoms with Crippen LogP contribution in [0.3, 0.4) is 0 Å². The molecule has 0 bridgehead atoms. The number of halogens is 1. The highest BCUT2D eigenvalue weighted by atomic mass is 35.5. The van der Waals surface area contributed by atoms with Crippen LogP contribution in [0, 0.1) is 5.92 Å². The van der Waals surface area contributed by atoms with Crippen LogP contribution >= 0.6 is 34.3 Å². The summed E-state index contributed by atoms with van der Waals surface area (Å²) in [4.78, 5) is 29.7. The third-order valence-electron chi connectivity index (χ3n) is 5.81. The highest BCUT2D eigenvalue weighted by molar-refractivity contribution is 7.12. The minimum Gasteiger partial charge on any atom is -0.350 e. The molecular formula is C24H26ClN3O2S2. The summed E-state index contributed by atoms with van der Waals surface area (Å²) in [5.74, 6) is 0.332. The van der Waals surface area contributed by atoms with Gasteiger partial charge in [-0.05, 0) is 72.9 Å². The number of thiophene rings is 2. The molecule has 1 aliphatic rings. The number of benzene rings is 1. The number of amides is 2. The van der Waals surface area contributed by atoms with E-state index in [1.54, 1.807) is 35.6 Å². The molecule has 2 amide bonds. The first-order chi connectivity index (χ1) is 15.5. The van der Waals surface area contributed by atoms with Crippen molar-refractivity contribution in [2.45, 2.75) is 25.8 Å². The van der Waals surface area contributed by atoms with Crippen molar-refractivity contribution in [3.8, 4) is 0 Å². The minimum atomic E-state index is -0.239. The SMILES string of the molecule is CC1CCN(C(CNC(=O)c2ccc(Cl)c(NC(=O)c3cccs3)c2)c2cccs2)CC1. The molecule has 3 aromatic rings. The molecule has 2 N–H and O–H groups in total. The molecule has 4 rings (SSSR count). The average Bonchev–Trinajstić information content (AvgIpc) is 3.51. The lowest BCUT2D eigenvalue weighted by molar-refractivity contribution is 0.0914. The van der Waals surface area contributed by atoms with Crippen molar-refractivity contribution in [3.63, 3.8) is 0 Å². The summed E-state index contributed by atoms with van der Waals surface area (Å²) in [6.45, 7) is 4.92. The quantitative estimate of drug-likeness (QED) is 0.435. The van der Waals surface area contributed by atoms with Crippen molar-refractivity contribution in [2.75, 3.05) is 25.0 Å². The fourth-order valence-corrected chi connectivity index (χ4v) is 5.52. The number of carbonyl (C=O) groups is 2. The van der Waals surface area contributed by atoms with Gasteiger partial charge in [0.15, 0.2) is 0 Å². The fourth-order valence-electron chi connectivity index (χ4n) is 3.88. The minimum absolute atomic E-state index is 0.164. The second-order valence-electron chi connectivity index (χ2n) is 8.09. The summed E-state index contributed by atoms with van der Waals surface area (Å²) < 4.78 is 0. The van der Waals surface area contributed by atoms with Gasteiger partial charge in [-0.25, -0.2) is 0 Å². The summed E-state index contributed by atoms with van der Waals surface area (Å²) in [5, 5.41) is 10.2.